The van der Waals surface area contributed by atoms with Gasteiger partial charge in [-0.3, -0.25) is 0 Å². The van der Waals surface area contributed by atoms with E-state index in [1.54, 1.807) is 0 Å². The van der Waals surface area contributed by atoms with Crippen LogP contribution in [-0.4, -0.2) is 0 Å². The molecule has 0 aliphatic rings. The predicted octanol–water partition coefficient (Wildman–Crippen LogP) is 4.82. The van der Waals surface area contributed by atoms with Crippen molar-refractivity contribution < 1.29 is 0 Å². The largest absolute Gasteiger partial charge is 0.0622 e. The van der Waals surface area contributed by atoms with Gasteiger partial charge in [0.25, 0.3) is 0 Å². The van der Waals surface area contributed by atoms with Crippen LogP contribution in [-0.2, 0) is 0 Å². The van der Waals surface area contributed by atoms with Crippen molar-refractivity contribution in [2.45, 2.75) is 6.92 Å². The Morgan fingerprint density at radius 2 is 1.44 bits per heavy atom. The maximum Gasteiger partial charge on any atom is -0.00507 e. The fourth-order valence-electron chi connectivity index (χ4n) is 1.64. The molecule has 0 heterocycles. The number of rotatable bonds is 2. The Labute approximate surface area is 110 Å². The van der Waals surface area contributed by atoms with E-state index in [0.717, 1.165) is 0 Å². The predicted molar refractivity (Wildman–Crippen MR) is 78.7 cm³/mol. The summed E-state index contributed by atoms with van der Waals surface area (Å²) in [7, 11) is 0. The van der Waals surface area contributed by atoms with Crippen LogP contribution in [0.1, 0.15) is 16.7 Å². The molecule has 0 bridgehead atoms. The molecule has 0 unspecified atom stereocenters. The molecule has 0 aromatic heterocycles. The number of hydrogen-bond donors (Lipinski definition) is 0. The third-order valence-electron chi connectivity index (χ3n) is 2.56. The molecule has 0 amide bonds. The van der Waals surface area contributed by atoms with Gasteiger partial charge in [0, 0.05) is 0 Å². The molecule has 0 nitrogen and oxygen atoms in total. The van der Waals surface area contributed by atoms with E-state index >= 15 is 0 Å². The van der Waals surface area contributed by atoms with E-state index in [4.69, 9.17) is 0 Å². The summed E-state index contributed by atoms with van der Waals surface area (Å²) >= 11 is 2.30. The van der Waals surface area contributed by atoms with Crippen LogP contribution in [0.15, 0.2) is 58.7 Å². The van der Waals surface area contributed by atoms with E-state index in [9.17, 15) is 0 Å². The molecule has 0 aliphatic carbocycles. The number of aryl methyl sites for hydroxylation is 1. The average molecular weight is 320 g/mol. The molecule has 80 valence electrons. The molecule has 2 aromatic rings. The Morgan fingerprint density at radius 3 is 2.00 bits per heavy atom. The molecule has 0 atom stereocenters. The maximum absolute atomic E-state index is 2.30. The quantitative estimate of drug-likeness (QED) is 0.696. The highest BCUT2D eigenvalue weighted by Gasteiger charge is 2.02. The lowest BCUT2D eigenvalue weighted by molar-refractivity contribution is 1.45. The van der Waals surface area contributed by atoms with Crippen LogP contribution in [0.3, 0.4) is 0 Å². The maximum atomic E-state index is 2.30. The van der Waals surface area contributed by atoms with Gasteiger partial charge >= 0.3 is 0 Å². The van der Waals surface area contributed by atoms with E-state index in [2.05, 4.69) is 82.1 Å². The minimum atomic E-state index is 1.26. The molecular formula is C15H13I. The SMILES string of the molecule is Cc1ccc(/C(=C/I)c2ccccc2)cc1. The lowest BCUT2D eigenvalue weighted by atomic mass is 9.99. The van der Waals surface area contributed by atoms with E-state index in [0.29, 0.717) is 0 Å². The number of benzene rings is 2. The fraction of sp³-hybridized carbons (Fsp3) is 0.0667. The Morgan fingerprint density at radius 1 is 0.875 bits per heavy atom. The van der Waals surface area contributed by atoms with Crippen LogP contribution in [0.25, 0.3) is 5.57 Å². The van der Waals surface area contributed by atoms with Gasteiger partial charge in [0.05, 0.1) is 0 Å². The molecule has 0 N–H and O–H groups in total. The molecule has 0 spiro atoms. The lowest BCUT2D eigenvalue weighted by Crippen LogP contribution is -1.86. The monoisotopic (exact) mass is 320 g/mol. The Bertz CT molecular complexity index is 481. The summed E-state index contributed by atoms with van der Waals surface area (Å²) in [6.07, 6.45) is 0. The first-order chi connectivity index (χ1) is 7.81. The first kappa shape index (κ1) is 11.4. The van der Waals surface area contributed by atoms with Crippen molar-refractivity contribution in [3.8, 4) is 0 Å². The lowest BCUT2D eigenvalue weighted by Gasteiger charge is -2.07. The van der Waals surface area contributed by atoms with Gasteiger partial charge in [-0.2, -0.15) is 0 Å². The molecule has 0 fully saturated rings. The zero-order valence-corrected chi connectivity index (χ0v) is 11.3. The van der Waals surface area contributed by atoms with Gasteiger partial charge in [-0.1, -0.05) is 82.8 Å². The fourth-order valence-corrected chi connectivity index (χ4v) is 2.36. The molecule has 1 heteroatoms. The second kappa shape index (κ2) is 5.30. The van der Waals surface area contributed by atoms with Gasteiger partial charge in [0.2, 0.25) is 0 Å². The number of halogens is 1. The summed E-state index contributed by atoms with van der Waals surface area (Å²) in [4.78, 5) is 0. The van der Waals surface area contributed by atoms with Gasteiger partial charge in [0.1, 0.15) is 0 Å². The summed E-state index contributed by atoms with van der Waals surface area (Å²) in [5, 5.41) is 0. The first-order valence-electron chi connectivity index (χ1n) is 5.24. The molecule has 2 rings (SSSR count). The summed E-state index contributed by atoms with van der Waals surface area (Å²) in [5.41, 5.74) is 5.11. The Kier molecular flexibility index (Phi) is 3.78. The standard InChI is InChI=1S/C15H13I/c1-12-7-9-14(10-8-12)15(11-16)13-5-3-2-4-6-13/h2-11H,1H3/b15-11+. The third-order valence-corrected chi connectivity index (χ3v) is 3.18. The van der Waals surface area contributed by atoms with Crippen molar-refractivity contribution in [3.05, 3.63) is 75.4 Å². The molecular weight excluding hydrogens is 307 g/mol. The van der Waals surface area contributed by atoms with E-state index in [-0.39, 0.29) is 0 Å². The second-order valence-corrected chi connectivity index (χ2v) is 4.38. The second-order valence-electron chi connectivity index (χ2n) is 3.75. The van der Waals surface area contributed by atoms with Crippen LogP contribution < -0.4 is 0 Å². The summed E-state index contributed by atoms with van der Waals surface area (Å²) < 4.78 is 2.14. The minimum Gasteiger partial charge on any atom is -0.0622 e. The van der Waals surface area contributed by atoms with Crippen LogP contribution >= 0.6 is 22.6 Å². The van der Waals surface area contributed by atoms with Gasteiger partial charge in [-0.25, -0.2) is 0 Å². The van der Waals surface area contributed by atoms with Crippen molar-refractivity contribution in [3.63, 3.8) is 0 Å². The third kappa shape index (κ3) is 2.53. The van der Waals surface area contributed by atoms with Gasteiger partial charge in [-0.15, -0.1) is 0 Å². The molecule has 0 saturated heterocycles. The zero-order chi connectivity index (χ0) is 11.4. The van der Waals surface area contributed by atoms with Crippen molar-refractivity contribution >= 4 is 28.2 Å². The van der Waals surface area contributed by atoms with Crippen molar-refractivity contribution in [2.24, 2.45) is 0 Å². The highest BCUT2D eigenvalue weighted by Crippen LogP contribution is 2.24. The molecule has 0 saturated carbocycles. The normalized spacial score (nSPS) is 11.5. The topological polar surface area (TPSA) is 0 Å². The van der Waals surface area contributed by atoms with Crippen LogP contribution in [0.2, 0.25) is 0 Å². The van der Waals surface area contributed by atoms with Gasteiger partial charge in [0.15, 0.2) is 0 Å². The van der Waals surface area contributed by atoms with Gasteiger partial charge < -0.3 is 0 Å². The van der Waals surface area contributed by atoms with E-state index < -0.39 is 0 Å². The van der Waals surface area contributed by atoms with Crippen LogP contribution in [0.5, 0.6) is 0 Å². The summed E-state index contributed by atoms with van der Waals surface area (Å²) in [6.45, 7) is 2.11. The molecule has 0 radical (unpaired) electrons. The minimum absolute atomic E-state index is 1.26. The number of hydrogen-bond acceptors (Lipinski definition) is 0. The average Bonchev–Trinajstić information content (AvgIpc) is 2.34. The highest BCUT2D eigenvalue weighted by atomic mass is 127. The first-order valence-corrected chi connectivity index (χ1v) is 6.48. The zero-order valence-electron chi connectivity index (χ0n) is 9.15. The van der Waals surface area contributed by atoms with E-state index in [1.165, 1.54) is 22.3 Å². The van der Waals surface area contributed by atoms with Crippen molar-refractivity contribution in [1.29, 1.82) is 0 Å². The van der Waals surface area contributed by atoms with Crippen molar-refractivity contribution in [1.82, 2.24) is 0 Å². The highest BCUT2D eigenvalue weighted by molar-refractivity contribution is 14.1. The Balaban J connectivity index is 2.42. The summed E-state index contributed by atoms with van der Waals surface area (Å²) in [6, 6.07) is 19.1. The summed E-state index contributed by atoms with van der Waals surface area (Å²) in [5.74, 6) is 0. The van der Waals surface area contributed by atoms with Gasteiger partial charge in [-0.05, 0) is 27.7 Å². The Hall–Kier alpha value is -1.09. The molecule has 16 heavy (non-hydrogen) atoms. The van der Waals surface area contributed by atoms with Crippen molar-refractivity contribution in [2.75, 3.05) is 0 Å². The molecule has 2 aromatic carbocycles. The van der Waals surface area contributed by atoms with E-state index in [1.807, 2.05) is 6.07 Å². The molecule has 0 aliphatic heterocycles. The van der Waals surface area contributed by atoms with Crippen LogP contribution in [0, 0.1) is 6.92 Å². The smallest absolute Gasteiger partial charge is 0.00507 e. The van der Waals surface area contributed by atoms with Crippen LogP contribution in [0.4, 0.5) is 0 Å².